The number of aromatic nitrogens is 2. The van der Waals surface area contributed by atoms with Crippen LogP contribution in [0.5, 0.6) is 0 Å². The normalized spacial score (nSPS) is 16.0. The summed E-state index contributed by atoms with van der Waals surface area (Å²) in [6.07, 6.45) is 1.40. The van der Waals surface area contributed by atoms with Crippen molar-refractivity contribution in [1.82, 2.24) is 20.0 Å². The van der Waals surface area contributed by atoms with E-state index in [-0.39, 0.29) is 11.6 Å². The van der Waals surface area contributed by atoms with E-state index in [2.05, 4.69) is 22.2 Å². The smallest absolute Gasteiger partial charge is 0.352 e. The molecule has 1 N–H and O–H groups in total. The molecule has 1 aliphatic heterocycles. The van der Waals surface area contributed by atoms with E-state index in [1.807, 2.05) is 0 Å². The van der Waals surface area contributed by atoms with E-state index in [4.69, 9.17) is 0 Å². The number of amides is 1. The van der Waals surface area contributed by atoms with Gasteiger partial charge in [-0.3, -0.25) is 4.79 Å². The summed E-state index contributed by atoms with van der Waals surface area (Å²) in [5.74, 6) is 0.568. The maximum absolute atomic E-state index is 13.0. The highest BCUT2D eigenvalue weighted by molar-refractivity contribution is 5.95. The number of benzene rings is 1. The first-order valence-electron chi connectivity index (χ1n) is 10.5. The fraction of sp³-hybridized carbons (Fsp3) is 0.545. The quantitative estimate of drug-likeness (QED) is 0.671. The molecule has 164 valence electrons. The molecule has 2 aromatic rings. The van der Waals surface area contributed by atoms with Crippen LogP contribution >= 0.6 is 0 Å². The van der Waals surface area contributed by atoms with Crippen LogP contribution in [0.1, 0.15) is 54.2 Å². The lowest BCUT2D eigenvalue weighted by Crippen LogP contribution is -2.34. The van der Waals surface area contributed by atoms with Gasteiger partial charge in [-0.25, -0.2) is 4.68 Å². The molecule has 0 bridgehead atoms. The molecule has 1 aliphatic rings. The van der Waals surface area contributed by atoms with Gasteiger partial charge < -0.3 is 10.2 Å². The molecule has 2 heterocycles. The number of nitrogens with one attached hydrogen (secondary N) is 1. The van der Waals surface area contributed by atoms with Crippen LogP contribution in [0.3, 0.4) is 0 Å². The van der Waals surface area contributed by atoms with Crippen LogP contribution in [0.15, 0.2) is 30.5 Å². The van der Waals surface area contributed by atoms with Gasteiger partial charge in [0.25, 0.3) is 5.91 Å². The number of alkyl halides is 3. The summed E-state index contributed by atoms with van der Waals surface area (Å²) in [5, 5.41) is 7.02. The molecule has 8 heteroatoms. The summed E-state index contributed by atoms with van der Waals surface area (Å²) in [4.78, 5) is 15.0. The monoisotopic (exact) mass is 422 g/mol. The number of unbranched alkanes of at least 4 members (excludes halogenated alkanes) is 1. The average molecular weight is 422 g/mol. The van der Waals surface area contributed by atoms with Crippen LogP contribution in [-0.2, 0) is 6.18 Å². The molecule has 0 atom stereocenters. The first kappa shape index (κ1) is 22.3. The van der Waals surface area contributed by atoms with Crippen LogP contribution in [0.25, 0.3) is 5.69 Å². The molecular weight excluding hydrogens is 393 g/mol. The summed E-state index contributed by atoms with van der Waals surface area (Å²) in [5.41, 5.74) is 0.410. The van der Waals surface area contributed by atoms with Crippen molar-refractivity contribution in [2.24, 2.45) is 5.92 Å². The Morgan fingerprint density at radius 1 is 1.23 bits per heavy atom. The van der Waals surface area contributed by atoms with Gasteiger partial charge in [-0.15, -0.1) is 0 Å². The second-order valence-electron chi connectivity index (χ2n) is 8.09. The van der Waals surface area contributed by atoms with Crippen LogP contribution in [0.4, 0.5) is 13.2 Å². The first-order chi connectivity index (χ1) is 14.3. The van der Waals surface area contributed by atoms with Crippen LogP contribution in [0, 0.1) is 12.8 Å². The number of hydrogen-bond donors (Lipinski definition) is 1. The molecule has 1 saturated heterocycles. The van der Waals surface area contributed by atoms with Gasteiger partial charge in [0, 0.05) is 6.54 Å². The minimum Gasteiger partial charge on any atom is -0.352 e. The van der Waals surface area contributed by atoms with Crippen molar-refractivity contribution < 1.29 is 18.0 Å². The maximum Gasteiger partial charge on any atom is 0.416 e. The van der Waals surface area contributed by atoms with Gasteiger partial charge in [-0.2, -0.15) is 18.3 Å². The highest BCUT2D eigenvalue weighted by atomic mass is 19.4. The molecular formula is C22H29F3N4O. The Labute approximate surface area is 175 Å². The van der Waals surface area contributed by atoms with Crippen molar-refractivity contribution in [3.8, 4) is 5.69 Å². The lowest BCUT2D eigenvalue weighted by atomic mass is 9.99. The summed E-state index contributed by atoms with van der Waals surface area (Å²) >= 11 is 0. The van der Waals surface area contributed by atoms with Crippen LogP contribution in [0.2, 0.25) is 0 Å². The second kappa shape index (κ2) is 9.64. The number of piperidine rings is 1. The minimum absolute atomic E-state index is 0.252. The SMILES string of the molecule is Cc1c(C(=O)NCCCCN2CCC(C)CC2)cnn1-c1cccc(C(F)(F)F)c1. The topological polar surface area (TPSA) is 50.2 Å². The van der Waals surface area contributed by atoms with Gasteiger partial charge in [0.15, 0.2) is 0 Å². The van der Waals surface area contributed by atoms with Gasteiger partial charge in [-0.05, 0) is 76.4 Å². The van der Waals surface area contributed by atoms with Crippen molar-refractivity contribution in [2.75, 3.05) is 26.2 Å². The molecule has 0 unspecified atom stereocenters. The molecule has 0 saturated carbocycles. The molecule has 0 radical (unpaired) electrons. The molecule has 1 aromatic heterocycles. The minimum atomic E-state index is -4.43. The van der Waals surface area contributed by atoms with E-state index in [1.54, 1.807) is 6.92 Å². The Hall–Kier alpha value is -2.35. The van der Waals surface area contributed by atoms with Crippen molar-refractivity contribution in [1.29, 1.82) is 0 Å². The number of carbonyl (C=O) groups excluding carboxylic acids is 1. The van der Waals surface area contributed by atoms with Crippen LogP contribution in [-0.4, -0.2) is 46.8 Å². The zero-order chi connectivity index (χ0) is 21.7. The molecule has 0 aliphatic carbocycles. The van der Waals surface area contributed by atoms with E-state index in [0.717, 1.165) is 50.5 Å². The Bertz CT molecular complexity index is 854. The lowest BCUT2D eigenvalue weighted by Gasteiger charge is -2.30. The van der Waals surface area contributed by atoms with Gasteiger partial charge >= 0.3 is 6.18 Å². The second-order valence-corrected chi connectivity index (χ2v) is 8.09. The fourth-order valence-corrected chi connectivity index (χ4v) is 3.75. The number of carbonyl (C=O) groups is 1. The standard InChI is InChI=1S/C22H29F3N4O/c1-16-8-12-28(13-9-16)11-4-3-10-26-21(30)20-15-27-29(17(20)2)19-7-5-6-18(14-19)22(23,24)25/h5-7,14-16H,3-4,8-13H2,1-2H3,(H,26,30). The molecule has 1 amide bonds. The van der Waals surface area contributed by atoms with E-state index < -0.39 is 11.7 Å². The Morgan fingerprint density at radius 3 is 2.67 bits per heavy atom. The zero-order valence-electron chi connectivity index (χ0n) is 17.5. The molecule has 1 fully saturated rings. The number of rotatable bonds is 7. The highest BCUT2D eigenvalue weighted by Gasteiger charge is 2.30. The van der Waals surface area contributed by atoms with E-state index >= 15 is 0 Å². The summed E-state index contributed by atoms with van der Waals surface area (Å²) in [6.45, 7) is 7.90. The largest absolute Gasteiger partial charge is 0.416 e. The highest BCUT2D eigenvalue weighted by Crippen LogP contribution is 2.30. The van der Waals surface area contributed by atoms with Gasteiger partial charge in [0.05, 0.1) is 28.7 Å². The van der Waals surface area contributed by atoms with Gasteiger partial charge in [0.2, 0.25) is 0 Å². The molecule has 3 rings (SSSR count). The predicted octanol–water partition coefficient (Wildman–Crippen LogP) is 4.44. The number of hydrogen-bond acceptors (Lipinski definition) is 3. The zero-order valence-corrected chi connectivity index (χ0v) is 17.5. The van der Waals surface area contributed by atoms with E-state index in [9.17, 15) is 18.0 Å². The third-order valence-corrected chi connectivity index (χ3v) is 5.74. The molecule has 5 nitrogen and oxygen atoms in total. The average Bonchev–Trinajstić information content (AvgIpc) is 3.10. The first-order valence-corrected chi connectivity index (χ1v) is 10.5. The number of likely N-dealkylation sites (tertiary alicyclic amines) is 1. The van der Waals surface area contributed by atoms with Crippen LogP contribution < -0.4 is 5.32 Å². The Kier molecular flexibility index (Phi) is 7.18. The van der Waals surface area contributed by atoms with Gasteiger partial charge in [0.1, 0.15) is 0 Å². The van der Waals surface area contributed by atoms with Crippen molar-refractivity contribution in [3.63, 3.8) is 0 Å². The van der Waals surface area contributed by atoms with Crippen molar-refractivity contribution in [2.45, 2.75) is 45.7 Å². The lowest BCUT2D eigenvalue weighted by molar-refractivity contribution is -0.137. The third kappa shape index (κ3) is 5.62. The number of halogens is 3. The molecule has 1 aromatic carbocycles. The Morgan fingerprint density at radius 2 is 1.97 bits per heavy atom. The molecule has 30 heavy (non-hydrogen) atoms. The Balaban J connectivity index is 1.51. The van der Waals surface area contributed by atoms with E-state index in [0.29, 0.717) is 17.8 Å². The van der Waals surface area contributed by atoms with Crippen molar-refractivity contribution in [3.05, 3.63) is 47.3 Å². The number of nitrogens with zero attached hydrogens (tertiary/aromatic N) is 3. The molecule has 0 spiro atoms. The summed E-state index contributed by atoms with van der Waals surface area (Å²) in [7, 11) is 0. The predicted molar refractivity (Wildman–Crippen MR) is 110 cm³/mol. The summed E-state index contributed by atoms with van der Waals surface area (Å²) in [6, 6.07) is 4.92. The third-order valence-electron chi connectivity index (χ3n) is 5.74. The summed E-state index contributed by atoms with van der Waals surface area (Å²) < 4.78 is 40.2. The fourth-order valence-electron chi connectivity index (χ4n) is 3.75. The van der Waals surface area contributed by atoms with E-state index in [1.165, 1.54) is 35.9 Å². The van der Waals surface area contributed by atoms with Crippen molar-refractivity contribution >= 4 is 5.91 Å². The van der Waals surface area contributed by atoms with Gasteiger partial charge in [-0.1, -0.05) is 13.0 Å². The maximum atomic E-state index is 13.0.